The van der Waals surface area contributed by atoms with E-state index < -0.39 is 0 Å². The number of amides is 1. The molecule has 0 radical (unpaired) electrons. The molecule has 0 saturated heterocycles. The molecule has 100 valence electrons. The molecule has 4 nitrogen and oxygen atoms in total. The summed E-state index contributed by atoms with van der Waals surface area (Å²) < 4.78 is 5.71. The fourth-order valence-electron chi connectivity index (χ4n) is 1.37. The van der Waals surface area contributed by atoms with E-state index in [9.17, 15) is 9.90 Å². The molecule has 0 aliphatic rings. The molecule has 0 spiro atoms. The molecule has 1 unspecified atom stereocenters. The maximum Gasteiger partial charge on any atom is 0.251 e. The summed E-state index contributed by atoms with van der Waals surface area (Å²) in [4.78, 5) is 12.0. The van der Waals surface area contributed by atoms with Crippen LogP contribution in [0.4, 0.5) is 0 Å². The van der Waals surface area contributed by atoms with Crippen molar-refractivity contribution in [3.63, 3.8) is 0 Å². The number of alkyl halides is 1. The van der Waals surface area contributed by atoms with Crippen molar-refractivity contribution in [2.75, 3.05) is 19.0 Å². The highest BCUT2D eigenvalue weighted by molar-refractivity contribution is 14.1. The van der Waals surface area contributed by atoms with Gasteiger partial charge in [0.1, 0.15) is 5.75 Å². The van der Waals surface area contributed by atoms with Crippen LogP contribution in [0.15, 0.2) is 18.2 Å². The van der Waals surface area contributed by atoms with Crippen molar-refractivity contribution in [2.24, 2.45) is 0 Å². The first-order valence-electron chi connectivity index (χ1n) is 5.42. The quantitative estimate of drug-likeness (QED) is 0.541. The normalized spacial score (nSPS) is 12.2. The Bertz CT molecular complexity index is 414. The van der Waals surface area contributed by atoms with Crippen molar-refractivity contribution < 1.29 is 14.6 Å². The summed E-state index contributed by atoms with van der Waals surface area (Å²) in [5.41, 5.74) is 0.455. The molecule has 0 heterocycles. The molecule has 1 amide bonds. The van der Waals surface area contributed by atoms with Crippen LogP contribution in [-0.2, 0) is 4.74 Å². The van der Waals surface area contributed by atoms with Gasteiger partial charge in [-0.15, -0.1) is 0 Å². The monoisotopic (exact) mass is 427 g/mol. The number of hydrogen-bond acceptors (Lipinski definition) is 3. The fraction of sp³-hybridized carbons (Fsp3) is 0.417. The smallest absolute Gasteiger partial charge is 0.251 e. The van der Waals surface area contributed by atoms with Crippen LogP contribution in [0.2, 0.25) is 0 Å². The zero-order valence-corrected chi connectivity index (χ0v) is 13.7. The summed E-state index contributed by atoms with van der Waals surface area (Å²) in [6.07, 6.45) is 0.740. The van der Waals surface area contributed by atoms with Crippen molar-refractivity contribution in [2.45, 2.75) is 12.5 Å². The molecule has 1 aromatic rings. The summed E-state index contributed by atoms with van der Waals surface area (Å²) in [7, 11) is 1.63. The van der Waals surface area contributed by atoms with Crippen LogP contribution in [0, 0.1) is 3.57 Å². The second kappa shape index (κ2) is 7.96. The van der Waals surface area contributed by atoms with Crippen molar-refractivity contribution in [1.82, 2.24) is 5.32 Å². The SMILES string of the molecule is COCCC(CBr)NC(=O)c1ccc(I)c(O)c1. The molecule has 1 rings (SSSR count). The molecule has 0 fully saturated rings. The number of rotatable bonds is 6. The van der Waals surface area contributed by atoms with Gasteiger partial charge in [-0.1, -0.05) is 15.9 Å². The Kier molecular flexibility index (Phi) is 6.95. The number of hydrogen-bond donors (Lipinski definition) is 2. The lowest BCUT2D eigenvalue weighted by atomic mass is 10.1. The summed E-state index contributed by atoms with van der Waals surface area (Å²) in [6.45, 7) is 0.592. The van der Waals surface area contributed by atoms with Crippen LogP contribution >= 0.6 is 38.5 Å². The van der Waals surface area contributed by atoms with Gasteiger partial charge in [0.25, 0.3) is 5.91 Å². The Morgan fingerprint density at radius 1 is 1.61 bits per heavy atom. The van der Waals surface area contributed by atoms with Crippen LogP contribution in [0.25, 0.3) is 0 Å². The van der Waals surface area contributed by atoms with E-state index in [1.54, 1.807) is 19.2 Å². The molecule has 18 heavy (non-hydrogen) atoms. The van der Waals surface area contributed by atoms with Gasteiger partial charge in [0, 0.05) is 30.7 Å². The third-order valence-corrected chi connectivity index (χ3v) is 4.09. The van der Waals surface area contributed by atoms with Gasteiger partial charge in [-0.25, -0.2) is 0 Å². The minimum absolute atomic E-state index is 0.0128. The van der Waals surface area contributed by atoms with E-state index in [4.69, 9.17) is 4.74 Å². The van der Waals surface area contributed by atoms with Crippen LogP contribution in [-0.4, -0.2) is 36.1 Å². The molecular formula is C12H15BrINO3. The molecule has 1 atom stereocenters. The fourth-order valence-corrected chi connectivity index (χ4v) is 2.19. The zero-order valence-electron chi connectivity index (χ0n) is 9.95. The molecule has 2 N–H and O–H groups in total. The van der Waals surface area contributed by atoms with Crippen molar-refractivity contribution in [3.8, 4) is 5.75 Å². The number of ether oxygens (including phenoxy) is 1. The second-order valence-corrected chi connectivity index (χ2v) is 5.58. The summed E-state index contributed by atoms with van der Waals surface area (Å²) in [5, 5.41) is 13.1. The number of phenols is 1. The van der Waals surface area contributed by atoms with E-state index in [1.165, 1.54) is 6.07 Å². The third kappa shape index (κ3) is 4.74. The Labute approximate surface area is 128 Å². The molecular weight excluding hydrogens is 413 g/mol. The maximum absolute atomic E-state index is 12.0. The molecule has 0 aliphatic carbocycles. The Morgan fingerprint density at radius 3 is 2.89 bits per heavy atom. The van der Waals surface area contributed by atoms with Gasteiger partial charge in [-0.3, -0.25) is 4.79 Å². The molecule has 1 aromatic carbocycles. The highest BCUT2D eigenvalue weighted by Crippen LogP contribution is 2.20. The third-order valence-electron chi connectivity index (χ3n) is 2.40. The predicted octanol–water partition coefficient (Wildman–Crippen LogP) is 2.53. The van der Waals surface area contributed by atoms with Crippen molar-refractivity contribution >= 4 is 44.4 Å². The highest BCUT2D eigenvalue weighted by Gasteiger charge is 2.13. The largest absolute Gasteiger partial charge is 0.507 e. The Morgan fingerprint density at radius 2 is 2.33 bits per heavy atom. The Hall–Kier alpha value is -0.340. The Balaban J connectivity index is 2.65. The summed E-state index contributed by atoms with van der Waals surface area (Å²) in [6, 6.07) is 4.89. The van der Waals surface area contributed by atoms with Crippen molar-refractivity contribution in [3.05, 3.63) is 27.3 Å². The van der Waals surface area contributed by atoms with Gasteiger partial charge in [-0.05, 0) is 47.2 Å². The van der Waals surface area contributed by atoms with E-state index in [2.05, 4.69) is 21.2 Å². The minimum atomic E-state index is -0.192. The molecule has 0 aromatic heterocycles. The van der Waals surface area contributed by atoms with Crippen LogP contribution in [0.1, 0.15) is 16.8 Å². The second-order valence-electron chi connectivity index (χ2n) is 3.77. The van der Waals surface area contributed by atoms with E-state index in [1.807, 2.05) is 22.6 Å². The number of carbonyl (C=O) groups is 1. The van der Waals surface area contributed by atoms with Gasteiger partial charge in [0.2, 0.25) is 0 Å². The van der Waals surface area contributed by atoms with Gasteiger partial charge in [-0.2, -0.15) is 0 Å². The zero-order chi connectivity index (χ0) is 13.5. The van der Waals surface area contributed by atoms with Gasteiger partial charge < -0.3 is 15.2 Å². The topological polar surface area (TPSA) is 58.6 Å². The van der Waals surface area contributed by atoms with Gasteiger partial charge in [0.05, 0.1) is 3.57 Å². The average Bonchev–Trinajstić information content (AvgIpc) is 2.37. The first-order chi connectivity index (χ1) is 8.58. The molecule has 0 saturated carbocycles. The van der Waals surface area contributed by atoms with Crippen LogP contribution < -0.4 is 5.32 Å². The van der Waals surface area contributed by atoms with Gasteiger partial charge >= 0.3 is 0 Å². The number of carbonyl (C=O) groups excluding carboxylic acids is 1. The van der Waals surface area contributed by atoms with E-state index in [0.29, 0.717) is 17.5 Å². The van der Waals surface area contributed by atoms with Crippen LogP contribution in [0.5, 0.6) is 5.75 Å². The molecule has 0 bridgehead atoms. The first kappa shape index (κ1) is 15.7. The number of phenolic OH excluding ortho intramolecular Hbond substituents is 1. The van der Waals surface area contributed by atoms with E-state index >= 15 is 0 Å². The maximum atomic E-state index is 12.0. The molecule has 0 aliphatic heterocycles. The summed E-state index contributed by atoms with van der Waals surface area (Å²) >= 11 is 5.36. The standard InChI is InChI=1S/C12H15BrINO3/c1-18-5-4-9(7-13)15-12(17)8-2-3-10(14)11(16)6-8/h2-3,6,9,16H,4-5,7H2,1H3,(H,15,17). The predicted molar refractivity (Wildman–Crippen MR) is 82.4 cm³/mol. The lowest BCUT2D eigenvalue weighted by Gasteiger charge is -2.15. The van der Waals surface area contributed by atoms with E-state index in [-0.39, 0.29) is 17.7 Å². The number of benzene rings is 1. The highest BCUT2D eigenvalue weighted by atomic mass is 127. The first-order valence-corrected chi connectivity index (χ1v) is 7.62. The van der Waals surface area contributed by atoms with E-state index in [0.717, 1.165) is 9.99 Å². The number of methoxy groups -OCH3 is 1. The number of nitrogens with one attached hydrogen (secondary N) is 1. The van der Waals surface area contributed by atoms with Gasteiger partial charge in [0.15, 0.2) is 0 Å². The lowest BCUT2D eigenvalue weighted by Crippen LogP contribution is -2.36. The van der Waals surface area contributed by atoms with Crippen LogP contribution in [0.3, 0.4) is 0 Å². The number of aromatic hydroxyl groups is 1. The molecule has 6 heteroatoms. The number of halogens is 2. The van der Waals surface area contributed by atoms with Crippen molar-refractivity contribution in [1.29, 1.82) is 0 Å². The lowest BCUT2D eigenvalue weighted by molar-refractivity contribution is 0.0930. The summed E-state index contributed by atoms with van der Waals surface area (Å²) in [5.74, 6) is -0.0715. The average molecular weight is 428 g/mol. The minimum Gasteiger partial charge on any atom is -0.507 e.